The number of methoxy groups -OCH3 is 2. The molecule has 1 N–H and O–H groups in total. The van der Waals surface area contributed by atoms with Crippen LogP contribution in [0.3, 0.4) is 0 Å². The number of fused-ring (bicyclic) bond motifs is 1. The molecule has 0 spiro atoms. The Hall–Kier alpha value is -1.96. The third kappa shape index (κ3) is 3.15. The van der Waals surface area contributed by atoms with Crippen molar-refractivity contribution in [3.05, 3.63) is 47.0 Å². The van der Waals surface area contributed by atoms with E-state index in [2.05, 4.69) is 0 Å². The number of hydrogen-bond donors (Lipinski definition) is 1. The molecule has 6 nitrogen and oxygen atoms in total. The highest BCUT2D eigenvalue weighted by atomic mass is 35.5. The largest absolute Gasteiger partial charge is 0.497 e. The Balaban J connectivity index is 2.14. The summed E-state index contributed by atoms with van der Waals surface area (Å²) in [4.78, 5) is -0.0133. The summed E-state index contributed by atoms with van der Waals surface area (Å²) in [6, 6.07) is 9.39. The topological polar surface area (TPSA) is 76.1 Å². The Kier molecular flexibility index (Phi) is 4.81. The van der Waals surface area contributed by atoms with E-state index < -0.39 is 16.1 Å². The summed E-state index contributed by atoms with van der Waals surface area (Å²) >= 11 is 5.99. The number of hydrogen-bond acceptors (Lipinski definition) is 5. The van der Waals surface area contributed by atoms with Gasteiger partial charge in [0.2, 0.25) is 0 Å². The molecule has 3 rings (SSSR count). The Morgan fingerprint density at radius 3 is 2.60 bits per heavy atom. The second kappa shape index (κ2) is 6.74. The normalized spacial score (nSPS) is 17.1. The van der Waals surface area contributed by atoms with E-state index in [4.69, 9.17) is 21.1 Å². The van der Waals surface area contributed by atoms with Crippen molar-refractivity contribution in [2.45, 2.75) is 17.4 Å². The molecule has 2 aromatic rings. The number of sulfonamides is 1. The molecular formula is C17H18ClNO5S. The molecule has 0 radical (unpaired) electrons. The average Bonchev–Trinajstić information content (AvgIpc) is 2.61. The second-order valence-electron chi connectivity index (χ2n) is 5.60. The molecule has 0 aliphatic carbocycles. The lowest BCUT2D eigenvalue weighted by Crippen LogP contribution is -2.36. The smallest absolute Gasteiger partial charge is 0.268 e. The van der Waals surface area contributed by atoms with E-state index in [1.165, 1.54) is 30.7 Å². The van der Waals surface area contributed by atoms with Crippen LogP contribution in [0.1, 0.15) is 18.1 Å². The first kappa shape index (κ1) is 17.8. The molecule has 1 aliphatic rings. The van der Waals surface area contributed by atoms with E-state index in [0.29, 0.717) is 22.0 Å². The molecule has 8 heteroatoms. The first-order chi connectivity index (χ1) is 11.9. The summed E-state index contributed by atoms with van der Waals surface area (Å²) in [6.07, 6.45) is -0.472. The fraction of sp³-hybridized carbons (Fsp3) is 0.294. The van der Waals surface area contributed by atoms with E-state index in [1.807, 2.05) is 0 Å². The Labute approximate surface area is 151 Å². The molecule has 1 atom stereocenters. The lowest BCUT2D eigenvalue weighted by molar-refractivity contribution is 0.166. The fourth-order valence-corrected chi connectivity index (χ4v) is 4.82. The minimum atomic E-state index is -3.91. The SMILES string of the molecule is COc1ccc2c(c1)C(O)CCN2S(=O)(=O)c1cc(Cl)ccc1OC. The first-order valence-corrected chi connectivity index (χ1v) is 9.42. The highest BCUT2D eigenvalue weighted by Crippen LogP contribution is 2.40. The van der Waals surface area contributed by atoms with Gasteiger partial charge in [0.15, 0.2) is 0 Å². The van der Waals surface area contributed by atoms with Crippen molar-refractivity contribution < 1.29 is 23.0 Å². The predicted octanol–water partition coefficient (Wildman–Crippen LogP) is 2.99. The van der Waals surface area contributed by atoms with Crippen LogP contribution in [0.4, 0.5) is 5.69 Å². The van der Waals surface area contributed by atoms with Gasteiger partial charge in [0.25, 0.3) is 10.0 Å². The van der Waals surface area contributed by atoms with Crippen LogP contribution >= 0.6 is 11.6 Å². The van der Waals surface area contributed by atoms with E-state index in [-0.39, 0.29) is 23.6 Å². The molecule has 0 aromatic heterocycles. The molecule has 134 valence electrons. The van der Waals surface area contributed by atoms with Crippen LogP contribution in [0.15, 0.2) is 41.3 Å². The summed E-state index contributed by atoms with van der Waals surface area (Å²) in [5.74, 6) is 0.767. The third-order valence-corrected chi connectivity index (χ3v) is 6.23. The number of halogens is 1. The van der Waals surface area contributed by atoms with Crippen molar-refractivity contribution in [1.29, 1.82) is 0 Å². The van der Waals surface area contributed by atoms with Crippen molar-refractivity contribution in [2.24, 2.45) is 0 Å². The zero-order valence-electron chi connectivity index (χ0n) is 13.8. The van der Waals surface area contributed by atoms with Gasteiger partial charge in [-0.1, -0.05) is 11.6 Å². The fourth-order valence-electron chi connectivity index (χ4n) is 2.89. The maximum atomic E-state index is 13.2. The van der Waals surface area contributed by atoms with Gasteiger partial charge in [-0.3, -0.25) is 4.31 Å². The first-order valence-electron chi connectivity index (χ1n) is 7.60. The van der Waals surface area contributed by atoms with Gasteiger partial charge in [0, 0.05) is 17.1 Å². The summed E-state index contributed by atoms with van der Waals surface area (Å²) in [5, 5.41) is 10.6. The van der Waals surface area contributed by atoms with E-state index in [0.717, 1.165) is 0 Å². The Morgan fingerprint density at radius 2 is 1.92 bits per heavy atom. The zero-order valence-corrected chi connectivity index (χ0v) is 15.3. The lowest BCUT2D eigenvalue weighted by Gasteiger charge is -2.33. The molecule has 1 heterocycles. The van der Waals surface area contributed by atoms with Gasteiger partial charge in [-0.05, 0) is 42.8 Å². The third-order valence-electron chi connectivity index (χ3n) is 4.16. The van der Waals surface area contributed by atoms with Crippen LogP contribution in [0.25, 0.3) is 0 Å². The molecule has 0 saturated heterocycles. The highest BCUT2D eigenvalue weighted by Gasteiger charge is 2.34. The van der Waals surface area contributed by atoms with Crippen LogP contribution in [0, 0.1) is 0 Å². The number of anilines is 1. The lowest BCUT2D eigenvalue weighted by atomic mass is 10.0. The van der Waals surface area contributed by atoms with Crippen molar-refractivity contribution in [1.82, 2.24) is 0 Å². The number of rotatable bonds is 4. The minimum Gasteiger partial charge on any atom is -0.497 e. The summed E-state index contributed by atoms with van der Waals surface area (Å²) in [5.41, 5.74) is 0.928. The van der Waals surface area contributed by atoms with Crippen LogP contribution in [0.2, 0.25) is 5.02 Å². The average molecular weight is 384 g/mol. The maximum Gasteiger partial charge on any atom is 0.268 e. The molecule has 0 amide bonds. The van der Waals surface area contributed by atoms with E-state index >= 15 is 0 Å². The van der Waals surface area contributed by atoms with Gasteiger partial charge in [-0.15, -0.1) is 0 Å². The highest BCUT2D eigenvalue weighted by molar-refractivity contribution is 7.93. The van der Waals surface area contributed by atoms with Crippen molar-refractivity contribution in [2.75, 3.05) is 25.1 Å². The van der Waals surface area contributed by atoms with Crippen LogP contribution in [0.5, 0.6) is 11.5 Å². The predicted molar refractivity (Wildman–Crippen MR) is 95.1 cm³/mol. The summed E-state index contributed by atoms with van der Waals surface area (Å²) < 4.78 is 38.1. The molecule has 2 aromatic carbocycles. The standard InChI is InChI=1S/C17H18ClNO5S/c1-23-12-4-5-14-13(10-12)15(20)7-8-19(14)25(21,22)17-9-11(18)3-6-16(17)24-2/h3-6,9-10,15,20H,7-8H2,1-2H3. The molecule has 0 bridgehead atoms. The number of benzene rings is 2. The molecule has 1 aliphatic heterocycles. The Morgan fingerprint density at radius 1 is 1.16 bits per heavy atom. The minimum absolute atomic E-state index is 0.0133. The maximum absolute atomic E-state index is 13.2. The monoisotopic (exact) mass is 383 g/mol. The number of nitrogens with zero attached hydrogens (tertiary/aromatic N) is 1. The van der Waals surface area contributed by atoms with E-state index in [1.54, 1.807) is 24.3 Å². The number of ether oxygens (including phenoxy) is 2. The van der Waals surface area contributed by atoms with Crippen molar-refractivity contribution in [3.8, 4) is 11.5 Å². The van der Waals surface area contributed by atoms with Gasteiger partial charge in [0.05, 0.1) is 26.0 Å². The molecular weight excluding hydrogens is 366 g/mol. The zero-order chi connectivity index (χ0) is 18.2. The van der Waals surface area contributed by atoms with Crippen LogP contribution in [-0.2, 0) is 10.0 Å². The molecule has 0 saturated carbocycles. The number of aliphatic hydroxyl groups is 1. The summed E-state index contributed by atoms with van der Waals surface area (Å²) in [6.45, 7) is 0.151. The quantitative estimate of drug-likeness (QED) is 0.878. The van der Waals surface area contributed by atoms with Crippen LogP contribution in [-0.4, -0.2) is 34.3 Å². The van der Waals surface area contributed by atoms with E-state index in [9.17, 15) is 13.5 Å². The molecule has 1 unspecified atom stereocenters. The number of aliphatic hydroxyl groups excluding tert-OH is 1. The second-order valence-corrected chi connectivity index (χ2v) is 7.87. The van der Waals surface area contributed by atoms with Gasteiger partial charge in [-0.25, -0.2) is 8.42 Å². The molecule has 25 heavy (non-hydrogen) atoms. The molecule has 0 fully saturated rings. The van der Waals surface area contributed by atoms with Gasteiger partial charge in [-0.2, -0.15) is 0 Å². The van der Waals surface area contributed by atoms with Gasteiger partial charge in [0.1, 0.15) is 16.4 Å². The van der Waals surface area contributed by atoms with Gasteiger partial charge < -0.3 is 14.6 Å². The summed E-state index contributed by atoms with van der Waals surface area (Å²) in [7, 11) is -0.992. The van der Waals surface area contributed by atoms with Crippen molar-refractivity contribution in [3.63, 3.8) is 0 Å². The van der Waals surface area contributed by atoms with Crippen molar-refractivity contribution >= 4 is 27.3 Å². The van der Waals surface area contributed by atoms with Gasteiger partial charge >= 0.3 is 0 Å². The Bertz CT molecular complexity index is 900. The van der Waals surface area contributed by atoms with Crippen LogP contribution < -0.4 is 13.8 Å².